The highest BCUT2D eigenvalue weighted by Gasteiger charge is 2.29. The highest BCUT2D eigenvalue weighted by molar-refractivity contribution is 6.14. The van der Waals surface area contributed by atoms with Crippen molar-refractivity contribution in [3.63, 3.8) is 0 Å². The SMILES string of the molecule is CC(C)CC(=O)C(F)C(=O)c1cc(C#N)ccc1C#N. The second kappa shape index (κ2) is 6.58. The standard InChI is InChI=1S/C15H13FN2O2/c1-9(2)5-13(19)14(16)15(20)12-6-10(7-17)3-4-11(12)8-18/h3-4,6,9,14H,5H2,1-2H3. The molecule has 5 heteroatoms. The number of hydrogen-bond donors (Lipinski definition) is 0. The number of benzene rings is 1. The molecule has 20 heavy (non-hydrogen) atoms. The summed E-state index contributed by atoms with van der Waals surface area (Å²) < 4.78 is 13.9. The highest BCUT2D eigenvalue weighted by atomic mass is 19.1. The van der Waals surface area contributed by atoms with Gasteiger partial charge in [0.05, 0.1) is 23.3 Å². The first-order valence-corrected chi connectivity index (χ1v) is 6.06. The van der Waals surface area contributed by atoms with E-state index in [4.69, 9.17) is 10.5 Å². The number of ketones is 2. The maximum Gasteiger partial charge on any atom is 0.220 e. The van der Waals surface area contributed by atoms with Crippen molar-refractivity contribution in [2.75, 3.05) is 0 Å². The zero-order chi connectivity index (χ0) is 15.3. The quantitative estimate of drug-likeness (QED) is 0.609. The van der Waals surface area contributed by atoms with Gasteiger partial charge in [0, 0.05) is 12.0 Å². The lowest BCUT2D eigenvalue weighted by Crippen LogP contribution is -2.27. The van der Waals surface area contributed by atoms with E-state index in [9.17, 15) is 14.0 Å². The van der Waals surface area contributed by atoms with E-state index in [1.807, 2.05) is 0 Å². The first-order valence-electron chi connectivity index (χ1n) is 6.06. The van der Waals surface area contributed by atoms with Gasteiger partial charge in [-0.2, -0.15) is 10.5 Å². The Labute approximate surface area is 116 Å². The summed E-state index contributed by atoms with van der Waals surface area (Å²) in [6.07, 6.45) is -2.34. The van der Waals surface area contributed by atoms with Crippen LogP contribution in [0.2, 0.25) is 0 Å². The van der Waals surface area contributed by atoms with Gasteiger partial charge in [-0.05, 0) is 24.1 Å². The molecule has 0 saturated heterocycles. The Balaban J connectivity index is 3.12. The van der Waals surface area contributed by atoms with Gasteiger partial charge in [-0.15, -0.1) is 0 Å². The smallest absolute Gasteiger partial charge is 0.220 e. The van der Waals surface area contributed by atoms with Crippen molar-refractivity contribution in [2.24, 2.45) is 5.92 Å². The fourth-order valence-electron chi connectivity index (χ4n) is 1.70. The zero-order valence-corrected chi connectivity index (χ0v) is 11.2. The van der Waals surface area contributed by atoms with E-state index < -0.39 is 17.7 Å². The second-order valence-corrected chi connectivity index (χ2v) is 4.78. The van der Waals surface area contributed by atoms with Crippen molar-refractivity contribution in [1.82, 2.24) is 0 Å². The van der Waals surface area contributed by atoms with Crippen LogP contribution < -0.4 is 0 Å². The molecule has 0 spiro atoms. The van der Waals surface area contributed by atoms with E-state index in [0.717, 1.165) is 6.07 Å². The van der Waals surface area contributed by atoms with Crippen LogP contribution in [0.4, 0.5) is 4.39 Å². The van der Waals surface area contributed by atoms with Crippen molar-refractivity contribution >= 4 is 11.6 Å². The van der Waals surface area contributed by atoms with Gasteiger partial charge in [-0.3, -0.25) is 9.59 Å². The number of hydrogen-bond acceptors (Lipinski definition) is 4. The Hall–Kier alpha value is -2.53. The first kappa shape index (κ1) is 15.5. The van der Waals surface area contributed by atoms with Crippen molar-refractivity contribution in [2.45, 2.75) is 26.4 Å². The maximum atomic E-state index is 13.9. The Morgan fingerprint density at radius 2 is 1.90 bits per heavy atom. The number of carbonyl (C=O) groups excluding carboxylic acids is 2. The fraction of sp³-hybridized carbons (Fsp3) is 0.333. The normalized spacial score (nSPS) is 11.5. The van der Waals surface area contributed by atoms with Crippen LogP contribution in [-0.2, 0) is 4.79 Å². The van der Waals surface area contributed by atoms with Crippen LogP contribution in [0, 0.1) is 28.6 Å². The van der Waals surface area contributed by atoms with E-state index in [1.165, 1.54) is 12.1 Å². The molecule has 1 aromatic carbocycles. The molecule has 0 N–H and O–H groups in total. The van der Waals surface area contributed by atoms with Gasteiger partial charge in [0.25, 0.3) is 0 Å². The predicted octanol–water partition coefficient (Wildman–Crippen LogP) is 2.57. The minimum Gasteiger partial charge on any atom is -0.296 e. The van der Waals surface area contributed by atoms with Crippen molar-refractivity contribution in [3.8, 4) is 12.1 Å². The van der Waals surface area contributed by atoms with Gasteiger partial charge in [0.1, 0.15) is 0 Å². The molecule has 0 aliphatic rings. The Morgan fingerprint density at radius 3 is 2.40 bits per heavy atom. The van der Waals surface area contributed by atoms with E-state index >= 15 is 0 Å². The Kier molecular flexibility index (Phi) is 5.11. The average molecular weight is 272 g/mol. The molecule has 0 aromatic heterocycles. The lowest BCUT2D eigenvalue weighted by molar-refractivity contribution is -0.122. The van der Waals surface area contributed by atoms with Gasteiger partial charge in [0.15, 0.2) is 5.78 Å². The average Bonchev–Trinajstić information content (AvgIpc) is 2.44. The molecule has 0 amide bonds. The third kappa shape index (κ3) is 3.49. The molecular formula is C15H13FN2O2. The van der Waals surface area contributed by atoms with Gasteiger partial charge in [-0.1, -0.05) is 13.8 Å². The van der Waals surface area contributed by atoms with Gasteiger partial charge < -0.3 is 0 Å². The summed E-state index contributed by atoms with van der Waals surface area (Å²) >= 11 is 0. The fourth-order valence-corrected chi connectivity index (χ4v) is 1.70. The number of alkyl halides is 1. The lowest BCUT2D eigenvalue weighted by atomic mass is 9.95. The Morgan fingerprint density at radius 1 is 1.25 bits per heavy atom. The second-order valence-electron chi connectivity index (χ2n) is 4.78. The molecule has 0 aliphatic heterocycles. The Bertz CT molecular complexity index is 624. The summed E-state index contributed by atoms with van der Waals surface area (Å²) in [5.74, 6) is -1.94. The summed E-state index contributed by atoms with van der Waals surface area (Å²) in [6, 6.07) is 7.32. The lowest BCUT2D eigenvalue weighted by Gasteiger charge is -2.09. The molecule has 4 nitrogen and oxygen atoms in total. The van der Waals surface area contributed by atoms with E-state index in [0.29, 0.717) is 0 Å². The number of nitriles is 2. The minimum absolute atomic E-state index is 0.0472. The molecule has 1 atom stereocenters. The molecule has 0 bridgehead atoms. The molecule has 102 valence electrons. The van der Waals surface area contributed by atoms with Crippen LogP contribution in [0.3, 0.4) is 0 Å². The van der Waals surface area contributed by atoms with Crippen LogP contribution in [0.25, 0.3) is 0 Å². The number of halogens is 1. The van der Waals surface area contributed by atoms with Crippen molar-refractivity contribution in [1.29, 1.82) is 10.5 Å². The molecule has 0 aliphatic carbocycles. The molecular weight excluding hydrogens is 259 g/mol. The third-order valence-electron chi connectivity index (χ3n) is 2.66. The molecule has 1 unspecified atom stereocenters. The monoisotopic (exact) mass is 272 g/mol. The highest BCUT2D eigenvalue weighted by Crippen LogP contribution is 2.17. The number of nitrogens with zero attached hydrogens (tertiary/aromatic N) is 2. The van der Waals surface area contributed by atoms with E-state index in [-0.39, 0.29) is 29.0 Å². The number of Topliss-reactive ketones (excluding diaryl/α,β-unsaturated/α-hetero) is 2. The van der Waals surface area contributed by atoms with E-state index in [2.05, 4.69) is 0 Å². The molecule has 1 rings (SSSR count). The molecule has 0 saturated carbocycles. The summed E-state index contributed by atoms with van der Waals surface area (Å²) in [4.78, 5) is 23.5. The summed E-state index contributed by atoms with van der Waals surface area (Å²) in [5.41, 5.74) is -0.138. The van der Waals surface area contributed by atoms with Crippen molar-refractivity contribution in [3.05, 3.63) is 34.9 Å². The van der Waals surface area contributed by atoms with Crippen LogP contribution in [-0.4, -0.2) is 17.7 Å². The molecule has 0 radical (unpaired) electrons. The van der Waals surface area contributed by atoms with E-state index in [1.54, 1.807) is 26.0 Å². The largest absolute Gasteiger partial charge is 0.296 e. The van der Waals surface area contributed by atoms with Crippen LogP contribution in [0.5, 0.6) is 0 Å². The van der Waals surface area contributed by atoms with Crippen LogP contribution >= 0.6 is 0 Å². The maximum absolute atomic E-state index is 13.9. The van der Waals surface area contributed by atoms with Gasteiger partial charge >= 0.3 is 0 Å². The van der Waals surface area contributed by atoms with Crippen molar-refractivity contribution < 1.29 is 14.0 Å². The third-order valence-corrected chi connectivity index (χ3v) is 2.66. The zero-order valence-electron chi connectivity index (χ0n) is 11.2. The first-order chi connectivity index (χ1) is 9.40. The molecule has 0 fully saturated rings. The topological polar surface area (TPSA) is 81.7 Å². The summed E-state index contributed by atoms with van der Waals surface area (Å²) in [5, 5.41) is 17.7. The van der Waals surface area contributed by atoms with Crippen LogP contribution in [0.1, 0.15) is 41.8 Å². The van der Waals surface area contributed by atoms with Gasteiger partial charge in [0.2, 0.25) is 12.0 Å². The summed E-state index contributed by atoms with van der Waals surface area (Å²) in [7, 11) is 0. The number of rotatable bonds is 5. The molecule has 1 aromatic rings. The number of carbonyl (C=O) groups is 2. The molecule has 0 heterocycles. The van der Waals surface area contributed by atoms with Crippen LogP contribution in [0.15, 0.2) is 18.2 Å². The minimum atomic E-state index is -2.29. The van der Waals surface area contributed by atoms with Gasteiger partial charge in [-0.25, -0.2) is 4.39 Å². The summed E-state index contributed by atoms with van der Waals surface area (Å²) in [6.45, 7) is 3.48. The predicted molar refractivity (Wildman–Crippen MR) is 69.6 cm³/mol.